The highest BCUT2D eigenvalue weighted by Gasteiger charge is 2.61. The Morgan fingerprint density at radius 3 is 2.54 bits per heavy atom. The Bertz CT molecular complexity index is 906. The van der Waals surface area contributed by atoms with E-state index in [1.807, 2.05) is 0 Å². The summed E-state index contributed by atoms with van der Waals surface area (Å²) in [5.74, 6) is -2.17. The van der Waals surface area contributed by atoms with Crippen LogP contribution in [0.1, 0.15) is 65.7 Å². The largest absolute Gasteiger partial charge is 0.467 e. The minimum Gasteiger partial charge on any atom is -0.467 e. The summed E-state index contributed by atoms with van der Waals surface area (Å²) in [5, 5.41) is 5.77. The molecule has 2 N–H and O–H groups in total. The highest BCUT2D eigenvalue weighted by molar-refractivity contribution is 5.89. The fourth-order valence-corrected chi connectivity index (χ4v) is 7.88. The first-order chi connectivity index (χ1) is 16.3. The van der Waals surface area contributed by atoms with Crippen LogP contribution in [-0.2, 0) is 19.1 Å². The molecule has 0 bridgehead atoms. The van der Waals surface area contributed by atoms with Gasteiger partial charge in [0.2, 0.25) is 11.8 Å². The van der Waals surface area contributed by atoms with Gasteiger partial charge >= 0.3 is 12.1 Å². The minimum absolute atomic E-state index is 0.0378. The molecular weight excluding hydrogens is 461 g/mol. The lowest BCUT2D eigenvalue weighted by Gasteiger charge is -2.58. The van der Waals surface area contributed by atoms with Crippen LogP contribution in [0.3, 0.4) is 0 Å². The molecule has 3 aliphatic carbocycles. The van der Waals surface area contributed by atoms with Crippen molar-refractivity contribution in [3.63, 3.8) is 0 Å². The van der Waals surface area contributed by atoms with Crippen molar-refractivity contribution in [1.29, 1.82) is 0 Å². The molecule has 0 aromatic rings. The number of esters is 1. The molecule has 0 saturated heterocycles. The second-order valence-corrected chi connectivity index (χ2v) is 11.7. The molecule has 0 spiro atoms. The lowest BCUT2D eigenvalue weighted by atomic mass is 9.48. The smallest absolute Gasteiger partial charge is 0.391 e. The second-order valence-electron chi connectivity index (χ2n) is 11.7. The van der Waals surface area contributed by atoms with Crippen molar-refractivity contribution >= 4 is 17.8 Å². The number of carbonyl (C=O) groups is 3. The van der Waals surface area contributed by atoms with Gasteiger partial charge in [-0.25, -0.2) is 4.79 Å². The normalized spacial score (nSPS) is 40.0. The number of nitrogens with one attached hydrogen (secondary N) is 2. The van der Waals surface area contributed by atoms with Crippen LogP contribution in [0.25, 0.3) is 0 Å². The zero-order chi connectivity index (χ0) is 25.8. The first-order valence-corrected chi connectivity index (χ1v) is 12.8. The van der Waals surface area contributed by atoms with Gasteiger partial charge in [-0.15, -0.1) is 0 Å². The summed E-state index contributed by atoms with van der Waals surface area (Å²) in [6.07, 6.45) is 3.92. The van der Waals surface area contributed by atoms with E-state index in [9.17, 15) is 27.6 Å². The van der Waals surface area contributed by atoms with Crippen LogP contribution in [0.15, 0.2) is 12.2 Å². The average Bonchev–Trinajstić information content (AvgIpc) is 3.15. The molecule has 2 unspecified atom stereocenters. The van der Waals surface area contributed by atoms with Crippen LogP contribution in [0, 0.1) is 40.4 Å². The van der Waals surface area contributed by atoms with Crippen LogP contribution < -0.4 is 10.6 Å². The van der Waals surface area contributed by atoms with Gasteiger partial charge in [0, 0.05) is 17.4 Å². The average molecular weight is 499 g/mol. The zero-order valence-corrected chi connectivity index (χ0v) is 20.9. The van der Waals surface area contributed by atoms with Crippen molar-refractivity contribution in [3.05, 3.63) is 12.2 Å². The topological polar surface area (TPSA) is 84.5 Å². The lowest BCUT2D eigenvalue weighted by Crippen LogP contribution is -2.59. The number of halogens is 3. The summed E-state index contributed by atoms with van der Waals surface area (Å²) in [4.78, 5) is 37.5. The maximum absolute atomic E-state index is 13.4. The van der Waals surface area contributed by atoms with E-state index in [1.165, 1.54) is 0 Å². The highest BCUT2D eigenvalue weighted by Crippen LogP contribution is 2.65. The summed E-state index contributed by atoms with van der Waals surface area (Å²) < 4.78 is 44.1. The molecule has 196 valence electrons. The van der Waals surface area contributed by atoms with Gasteiger partial charge < -0.3 is 15.4 Å². The molecule has 0 aromatic carbocycles. The molecule has 9 heteroatoms. The number of hydrogen-bond donors (Lipinski definition) is 2. The zero-order valence-electron chi connectivity index (χ0n) is 20.9. The fourth-order valence-electron chi connectivity index (χ4n) is 7.88. The van der Waals surface area contributed by atoms with Crippen LogP contribution in [0.5, 0.6) is 0 Å². The molecule has 9 atom stereocenters. The van der Waals surface area contributed by atoms with Gasteiger partial charge in [-0.2, -0.15) is 13.2 Å². The Morgan fingerprint density at radius 2 is 1.89 bits per heavy atom. The van der Waals surface area contributed by atoms with Crippen LogP contribution in [0.4, 0.5) is 13.2 Å². The highest BCUT2D eigenvalue weighted by atomic mass is 19.4. The molecule has 35 heavy (non-hydrogen) atoms. The monoisotopic (exact) mass is 498 g/mol. The predicted octanol–water partition coefficient (Wildman–Crippen LogP) is 4.15. The molecule has 3 saturated carbocycles. The number of hydrogen-bond acceptors (Lipinski definition) is 4. The number of carbonyl (C=O) groups excluding carboxylic acids is 3. The van der Waals surface area contributed by atoms with Crippen LogP contribution in [0.2, 0.25) is 0 Å². The van der Waals surface area contributed by atoms with Crippen molar-refractivity contribution in [2.75, 3.05) is 7.11 Å². The van der Waals surface area contributed by atoms with Crippen molar-refractivity contribution in [2.24, 2.45) is 40.4 Å². The summed E-state index contributed by atoms with van der Waals surface area (Å²) in [6, 6.07) is -1.20. The van der Waals surface area contributed by atoms with E-state index in [-0.39, 0.29) is 34.6 Å². The maximum atomic E-state index is 13.4. The first kappa shape index (κ1) is 26.0. The summed E-state index contributed by atoms with van der Waals surface area (Å²) in [7, 11) is 1.12. The number of methoxy groups -OCH3 is 1. The summed E-state index contributed by atoms with van der Waals surface area (Å²) >= 11 is 0. The summed E-state index contributed by atoms with van der Waals surface area (Å²) in [6.45, 7) is 5.38. The van der Waals surface area contributed by atoms with Gasteiger partial charge in [0.15, 0.2) is 0 Å². The third-order valence-corrected chi connectivity index (χ3v) is 9.95. The van der Waals surface area contributed by atoms with Crippen molar-refractivity contribution in [3.8, 4) is 0 Å². The van der Waals surface area contributed by atoms with Crippen LogP contribution >= 0.6 is 0 Å². The standard InChI is InChI=1S/C26H37F3N2O4/c1-14(26(27,28)29)13-19(23(34)35-4)30-22(33)18-7-6-16-15-5-8-20-25(3,12-10-21(32)31-20)17(15)9-11-24(16,18)2/h10,12,14-20H,5-9,11,13H2,1-4H3,(H,30,33)(H,31,32)/t14?,15-,16-,17-,18+,19?,20+,24-,25+/m0/s1. The Kier molecular flexibility index (Phi) is 6.77. The lowest BCUT2D eigenvalue weighted by molar-refractivity contribution is -0.175. The van der Waals surface area contributed by atoms with E-state index in [0.717, 1.165) is 46.1 Å². The SMILES string of the molecule is COC(=O)C(CC(C)C(F)(F)F)NC(=O)[C@H]1CC[C@H]2[C@@H]3CC[C@H]4NC(=O)C=C[C@]4(C)[C@H]3CC[C@]12C. The van der Waals surface area contributed by atoms with Crippen LogP contribution in [-0.4, -0.2) is 43.2 Å². The second kappa shape index (κ2) is 9.11. The third kappa shape index (κ3) is 4.48. The van der Waals surface area contributed by atoms with Crippen molar-refractivity contribution < 1.29 is 32.3 Å². The van der Waals surface area contributed by atoms with Crippen molar-refractivity contribution in [2.45, 2.75) is 84.0 Å². The Hall–Kier alpha value is -2.06. The molecule has 3 fully saturated rings. The Labute approximate surface area is 204 Å². The Morgan fingerprint density at radius 1 is 1.17 bits per heavy atom. The van der Waals surface area contributed by atoms with E-state index in [0.29, 0.717) is 24.2 Å². The predicted molar refractivity (Wildman–Crippen MR) is 123 cm³/mol. The third-order valence-electron chi connectivity index (χ3n) is 9.95. The van der Waals surface area contributed by atoms with E-state index in [1.54, 1.807) is 6.08 Å². The fraction of sp³-hybridized carbons (Fsp3) is 0.808. The number of alkyl halides is 3. The van der Waals surface area contributed by atoms with Crippen molar-refractivity contribution in [1.82, 2.24) is 10.6 Å². The molecule has 0 radical (unpaired) electrons. The minimum atomic E-state index is -4.46. The number of rotatable bonds is 5. The molecule has 4 aliphatic rings. The number of amides is 2. The van der Waals surface area contributed by atoms with Gasteiger partial charge in [-0.3, -0.25) is 9.59 Å². The van der Waals surface area contributed by atoms with Gasteiger partial charge in [0.1, 0.15) is 6.04 Å². The van der Waals surface area contributed by atoms with Gasteiger partial charge in [-0.1, -0.05) is 26.8 Å². The molecule has 0 aromatic heterocycles. The van der Waals surface area contributed by atoms with Gasteiger partial charge in [0.05, 0.1) is 13.0 Å². The molecule has 1 heterocycles. The molecule has 6 nitrogen and oxygen atoms in total. The number of fused-ring (bicyclic) bond motifs is 5. The molecular formula is C26H37F3N2O4. The Balaban J connectivity index is 1.50. The quantitative estimate of drug-likeness (QED) is 0.558. The van der Waals surface area contributed by atoms with Gasteiger partial charge in [0.25, 0.3) is 0 Å². The number of ether oxygens (including phenoxy) is 1. The molecule has 1 aliphatic heterocycles. The summed E-state index contributed by atoms with van der Waals surface area (Å²) in [5.41, 5.74) is -0.380. The molecule has 2 amide bonds. The molecule has 4 rings (SSSR count). The first-order valence-electron chi connectivity index (χ1n) is 12.8. The van der Waals surface area contributed by atoms with Gasteiger partial charge in [-0.05, 0) is 74.2 Å². The van der Waals surface area contributed by atoms with E-state index in [4.69, 9.17) is 4.74 Å². The van der Waals surface area contributed by atoms with E-state index < -0.39 is 30.5 Å². The maximum Gasteiger partial charge on any atom is 0.391 e. The van der Waals surface area contributed by atoms with E-state index in [2.05, 4.69) is 30.6 Å². The van der Waals surface area contributed by atoms with E-state index >= 15 is 0 Å².